The van der Waals surface area contributed by atoms with Gasteiger partial charge in [0.2, 0.25) is 5.91 Å². The summed E-state index contributed by atoms with van der Waals surface area (Å²) in [4.78, 5) is 15.8. The molecule has 3 aromatic rings. The van der Waals surface area contributed by atoms with Crippen LogP contribution in [0.25, 0.3) is 10.9 Å². The maximum Gasteiger partial charge on any atom is 0.244 e. The largest absolute Gasteiger partial charge is 0.338 e. The van der Waals surface area contributed by atoms with Crippen molar-refractivity contribution in [3.8, 4) is 0 Å². The highest BCUT2D eigenvalue weighted by Gasteiger charge is 2.07. The Balaban J connectivity index is 1.79. The van der Waals surface area contributed by atoms with E-state index in [1.54, 1.807) is 41.4 Å². The number of fused-ring (bicyclic) bond motifs is 1. The van der Waals surface area contributed by atoms with E-state index in [9.17, 15) is 9.18 Å². The zero-order valence-corrected chi connectivity index (χ0v) is 10.6. The highest BCUT2D eigenvalue weighted by atomic mass is 19.1. The maximum atomic E-state index is 13.3. The highest BCUT2D eigenvalue weighted by Crippen LogP contribution is 2.17. The van der Waals surface area contributed by atoms with Crippen molar-refractivity contribution in [2.75, 3.05) is 5.32 Å². The van der Waals surface area contributed by atoms with Gasteiger partial charge < -0.3 is 9.88 Å². The lowest BCUT2D eigenvalue weighted by Crippen LogP contribution is -2.18. The predicted octanol–water partition coefficient (Wildman–Crippen LogP) is 2.81. The van der Waals surface area contributed by atoms with E-state index in [-0.39, 0.29) is 18.3 Å². The van der Waals surface area contributed by atoms with Gasteiger partial charge in [-0.25, -0.2) is 4.39 Å². The molecule has 1 N–H and O–H groups in total. The standard InChI is InChI=1S/C15H12FN3O/c16-12-2-1-11-5-8-19(14(11)9-12)10-15(20)18-13-3-6-17-7-4-13/h1-9H,10H2,(H,17,18,20). The Morgan fingerprint density at radius 2 is 2.00 bits per heavy atom. The lowest BCUT2D eigenvalue weighted by atomic mass is 10.2. The molecule has 5 heteroatoms. The quantitative estimate of drug-likeness (QED) is 0.794. The molecule has 0 fully saturated rings. The van der Waals surface area contributed by atoms with Crippen molar-refractivity contribution < 1.29 is 9.18 Å². The number of anilines is 1. The minimum atomic E-state index is -0.313. The van der Waals surface area contributed by atoms with Crippen LogP contribution in [-0.2, 0) is 11.3 Å². The number of hydrogen-bond donors (Lipinski definition) is 1. The molecule has 0 bridgehead atoms. The molecule has 0 aliphatic rings. The number of amides is 1. The fourth-order valence-corrected chi connectivity index (χ4v) is 2.09. The van der Waals surface area contributed by atoms with Gasteiger partial charge in [0.05, 0.1) is 5.52 Å². The Morgan fingerprint density at radius 1 is 1.20 bits per heavy atom. The topological polar surface area (TPSA) is 46.9 Å². The van der Waals surface area contributed by atoms with Crippen molar-refractivity contribution >= 4 is 22.5 Å². The third-order valence-electron chi connectivity index (χ3n) is 3.01. The second-order valence-electron chi connectivity index (χ2n) is 4.43. The molecule has 0 saturated heterocycles. The molecule has 0 aliphatic heterocycles. The van der Waals surface area contributed by atoms with Gasteiger partial charge in [0.1, 0.15) is 12.4 Å². The molecular weight excluding hydrogens is 257 g/mol. The molecule has 0 atom stereocenters. The van der Waals surface area contributed by atoms with Crippen LogP contribution in [0.2, 0.25) is 0 Å². The van der Waals surface area contributed by atoms with Gasteiger partial charge in [-0.2, -0.15) is 0 Å². The molecule has 4 nitrogen and oxygen atoms in total. The lowest BCUT2D eigenvalue weighted by molar-refractivity contribution is -0.116. The summed E-state index contributed by atoms with van der Waals surface area (Å²) in [7, 11) is 0. The van der Waals surface area contributed by atoms with Crippen LogP contribution in [0.4, 0.5) is 10.1 Å². The molecule has 3 rings (SSSR count). The summed E-state index contributed by atoms with van der Waals surface area (Å²) >= 11 is 0. The van der Waals surface area contributed by atoms with E-state index in [0.717, 1.165) is 5.39 Å². The van der Waals surface area contributed by atoms with Gasteiger partial charge in [-0.05, 0) is 41.8 Å². The Labute approximate surface area is 114 Å². The van der Waals surface area contributed by atoms with E-state index in [4.69, 9.17) is 0 Å². The maximum absolute atomic E-state index is 13.3. The Hall–Kier alpha value is -2.69. The molecule has 2 heterocycles. The summed E-state index contributed by atoms with van der Waals surface area (Å²) in [6.45, 7) is 0.134. The van der Waals surface area contributed by atoms with Crippen molar-refractivity contribution in [3.05, 3.63) is 60.8 Å². The Kier molecular flexibility index (Phi) is 3.16. The van der Waals surface area contributed by atoms with Crippen molar-refractivity contribution in [2.45, 2.75) is 6.54 Å². The fourth-order valence-electron chi connectivity index (χ4n) is 2.09. The molecule has 0 unspecified atom stereocenters. The highest BCUT2D eigenvalue weighted by molar-refractivity contribution is 5.91. The van der Waals surface area contributed by atoms with Gasteiger partial charge in [-0.15, -0.1) is 0 Å². The Bertz CT molecular complexity index is 752. The van der Waals surface area contributed by atoms with Gasteiger partial charge in [0.25, 0.3) is 0 Å². The van der Waals surface area contributed by atoms with Crippen LogP contribution in [0.1, 0.15) is 0 Å². The summed E-state index contributed by atoms with van der Waals surface area (Å²) in [5, 5.41) is 3.67. The van der Waals surface area contributed by atoms with Crippen molar-refractivity contribution in [3.63, 3.8) is 0 Å². The van der Waals surface area contributed by atoms with Gasteiger partial charge >= 0.3 is 0 Å². The second-order valence-corrected chi connectivity index (χ2v) is 4.43. The summed E-state index contributed by atoms with van der Waals surface area (Å²) in [6.07, 6.45) is 4.99. The van der Waals surface area contributed by atoms with Crippen LogP contribution in [0, 0.1) is 5.82 Å². The lowest BCUT2D eigenvalue weighted by Gasteiger charge is -2.07. The minimum absolute atomic E-state index is 0.134. The third-order valence-corrected chi connectivity index (χ3v) is 3.01. The second kappa shape index (κ2) is 5.13. The van der Waals surface area contributed by atoms with Gasteiger partial charge in [-0.1, -0.05) is 0 Å². The summed E-state index contributed by atoms with van der Waals surface area (Å²) in [5.74, 6) is -0.482. The number of benzene rings is 1. The first-order valence-corrected chi connectivity index (χ1v) is 6.17. The van der Waals surface area contributed by atoms with Crippen molar-refractivity contribution in [1.82, 2.24) is 9.55 Å². The number of nitrogens with zero attached hydrogens (tertiary/aromatic N) is 2. The monoisotopic (exact) mass is 269 g/mol. The molecule has 0 aliphatic carbocycles. The number of rotatable bonds is 3. The van der Waals surface area contributed by atoms with Crippen molar-refractivity contribution in [2.24, 2.45) is 0 Å². The number of aromatic nitrogens is 2. The fraction of sp³-hybridized carbons (Fsp3) is 0.0667. The van der Waals surface area contributed by atoms with Crippen LogP contribution in [0.3, 0.4) is 0 Å². The average Bonchev–Trinajstić information content (AvgIpc) is 2.82. The summed E-state index contributed by atoms with van der Waals surface area (Å²) in [6, 6.07) is 9.81. The number of carbonyl (C=O) groups excluding carboxylic acids is 1. The van der Waals surface area contributed by atoms with E-state index in [1.807, 2.05) is 6.07 Å². The first-order chi connectivity index (χ1) is 9.72. The van der Waals surface area contributed by atoms with Gasteiger partial charge in [0.15, 0.2) is 0 Å². The van der Waals surface area contributed by atoms with Gasteiger partial charge in [-0.3, -0.25) is 9.78 Å². The van der Waals surface area contributed by atoms with E-state index in [2.05, 4.69) is 10.3 Å². The van der Waals surface area contributed by atoms with Gasteiger partial charge in [0, 0.05) is 24.3 Å². The number of pyridine rings is 1. The zero-order chi connectivity index (χ0) is 13.9. The van der Waals surface area contributed by atoms with Crippen LogP contribution in [0.5, 0.6) is 0 Å². The molecule has 2 aromatic heterocycles. The van der Waals surface area contributed by atoms with Crippen LogP contribution in [-0.4, -0.2) is 15.5 Å². The van der Waals surface area contributed by atoms with Crippen LogP contribution < -0.4 is 5.32 Å². The van der Waals surface area contributed by atoms with E-state index in [0.29, 0.717) is 11.2 Å². The first kappa shape index (κ1) is 12.3. The zero-order valence-electron chi connectivity index (χ0n) is 10.6. The van der Waals surface area contributed by atoms with E-state index >= 15 is 0 Å². The molecule has 1 aromatic carbocycles. The molecule has 1 amide bonds. The van der Waals surface area contributed by atoms with Crippen LogP contribution in [0.15, 0.2) is 55.0 Å². The number of hydrogen-bond acceptors (Lipinski definition) is 2. The molecule has 20 heavy (non-hydrogen) atoms. The summed E-state index contributed by atoms with van der Waals surface area (Å²) in [5.41, 5.74) is 1.39. The van der Waals surface area contributed by atoms with E-state index in [1.165, 1.54) is 12.1 Å². The Morgan fingerprint density at radius 3 is 2.80 bits per heavy atom. The number of carbonyl (C=O) groups is 1. The van der Waals surface area contributed by atoms with Crippen LogP contribution >= 0.6 is 0 Å². The molecule has 100 valence electrons. The molecule has 0 radical (unpaired) electrons. The first-order valence-electron chi connectivity index (χ1n) is 6.17. The third kappa shape index (κ3) is 2.51. The number of nitrogens with one attached hydrogen (secondary N) is 1. The molecule has 0 spiro atoms. The van der Waals surface area contributed by atoms with Crippen molar-refractivity contribution in [1.29, 1.82) is 0 Å². The predicted molar refractivity (Wildman–Crippen MR) is 74.8 cm³/mol. The number of halogens is 1. The summed E-state index contributed by atoms with van der Waals surface area (Å²) < 4.78 is 15.0. The molecular formula is C15H12FN3O. The SMILES string of the molecule is O=C(Cn1ccc2ccc(F)cc21)Nc1ccncc1. The smallest absolute Gasteiger partial charge is 0.244 e. The minimum Gasteiger partial charge on any atom is -0.338 e. The normalized spacial score (nSPS) is 10.7. The molecule has 0 saturated carbocycles. The van der Waals surface area contributed by atoms with E-state index < -0.39 is 0 Å². The average molecular weight is 269 g/mol.